The topological polar surface area (TPSA) is 140 Å². The van der Waals surface area contributed by atoms with Crippen molar-refractivity contribution in [2.24, 2.45) is 0 Å². The van der Waals surface area contributed by atoms with Crippen LogP contribution in [0.1, 0.15) is 0 Å². The molecule has 0 saturated carbocycles. The smallest absolute Gasteiger partial charge is 0.262 e. The van der Waals surface area contributed by atoms with Crippen molar-refractivity contribution in [3.8, 4) is 28.6 Å². The molecule has 4 aromatic carbocycles. The molecule has 0 spiro atoms. The molecule has 37 heavy (non-hydrogen) atoms. The van der Waals surface area contributed by atoms with Crippen molar-refractivity contribution >= 4 is 43.1 Å². The van der Waals surface area contributed by atoms with Crippen LogP contribution in [0.5, 0.6) is 17.2 Å². The van der Waals surface area contributed by atoms with E-state index in [0.29, 0.717) is 5.39 Å². The van der Waals surface area contributed by atoms with Crippen LogP contribution >= 0.6 is 0 Å². The molecule has 0 saturated heterocycles. The predicted molar refractivity (Wildman–Crippen MR) is 142 cm³/mol. The summed E-state index contributed by atoms with van der Waals surface area (Å²) in [7, 11) is -0.299. The number of hydrogen-bond acceptors (Lipinski definition) is 8. The van der Waals surface area contributed by atoms with Crippen LogP contribution in [0.4, 0.5) is 11.4 Å². The zero-order valence-electron chi connectivity index (χ0n) is 19.8. The molecule has 0 aliphatic heterocycles. The molecule has 0 fully saturated rings. The number of anilines is 2. The van der Waals surface area contributed by atoms with E-state index in [-0.39, 0.29) is 38.6 Å². The molecule has 0 unspecified atom stereocenters. The summed E-state index contributed by atoms with van der Waals surface area (Å²) in [6.07, 6.45) is 0. The summed E-state index contributed by atoms with van der Waals surface area (Å²) >= 11 is 0. The standard InChI is InChI=1S/C27H22N2O7S/c1-29(2)20-7-3-6-18-17(20)5-4-8-24(18)37(34,35)28-16-10-12-23-19(14-16)25(32)26(33)27(36-23)15-9-11-21(30)22(31)13-15/h3-14,28,30-31,33H,1-2H3. The highest BCUT2D eigenvalue weighted by Crippen LogP contribution is 2.36. The Morgan fingerprint density at radius 1 is 0.811 bits per heavy atom. The van der Waals surface area contributed by atoms with Crippen molar-refractivity contribution in [1.82, 2.24) is 0 Å². The van der Waals surface area contributed by atoms with Crippen molar-refractivity contribution in [2.75, 3.05) is 23.7 Å². The molecule has 188 valence electrons. The van der Waals surface area contributed by atoms with Gasteiger partial charge in [-0.05, 0) is 48.5 Å². The number of nitrogens with zero attached hydrogens (tertiary/aromatic N) is 1. The molecule has 4 N–H and O–H groups in total. The van der Waals surface area contributed by atoms with Gasteiger partial charge >= 0.3 is 0 Å². The van der Waals surface area contributed by atoms with E-state index in [9.17, 15) is 28.5 Å². The van der Waals surface area contributed by atoms with E-state index in [4.69, 9.17) is 4.42 Å². The third-order valence-corrected chi connectivity index (χ3v) is 7.43. The van der Waals surface area contributed by atoms with E-state index in [2.05, 4.69) is 4.72 Å². The van der Waals surface area contributed by atoms with Crippen LogP contribution in [0.15, 0.2) is 86.9 Å². The highest BCUT2D eigenvalue weighted by molar-refractivity contribution is 7.93. The molecule has 9 nitrogen and oxygen atoms in total. The highest BCUT2D eigenvalue weighted by atomic mass is 32.2. The Kier molecular flexibility index (Phi) is 5.68. The number of fused-ring (bicyclic) bond motifs is 2. The number of nitrogens with one attached hydrogen (secondary N) is 1. The first-order valence-corrected chi connectivity index (χ1v) is 12.6. The van der Waals surface area contributed by atoms with E-state index in [1.54, 1.807) is 18.2 Å². The van der Waals surface area contributed by atoms with Crippen molar-refractivity contribution in [2.45, 2.75) is 4.90 Å². The minimum Gasteiger partial charge on any atom is -0.504 e. The van der Waals surface area contributed by atoms with Gasteiger partial charge < -0.3 is 24.6 Å². The minimum absolute atomic E-state index is 0.0442. The molecule has 0 amide bonds. The molecule has 0 atom stereocenters. The second kappa shape index (κ2) is 8.75. The maximum Gasteiger partial charge on any atom is 0.262 e. The van der Waals surface area contributed by atoms with Gasteiger partial charge in [-0.2, -0.15) is 0 Å². The molecule has 5 aromatic rings. The molecular weight excluding hydrogens is 496 g/mol. The number of rotatable bonds is 5. The molecule has 10 heteroatoms. The Morgan fingerprint density at radius 3 is 2.27 bits per heavy atom. The SMILES string of the molecule is CN(C)c1cccc2c(S(=O)(=O)Nc3ccc4oc(-c5ccc(O)c(O)c5)c(O)c(=O)c4c3)cccc12. The summed E-state index contributed by atoms with van der Waals surface area (Å²) < 4.78 is 34.9. The van der Waals surface area contributed by atoms with Crippen LogP contribution in [-0.2, 0) is 10.0 Å². The van der Waals surface area contributed by atoms with Gasteiger partial charge in [-0.15, -0.1) is 0 Å². The largest absolute Gasteiger partial charge is 0.504 e. The summed E-state index contributed by atoms with van der Waals surface area (Å²) in [6, 6.07) is 18.3. The van der Waals surface area contributed by atoms with Gasteiger partial charge in [0.05, 0.1) is 10.3 Å². The van der Waals surface area contributed by atoms with Crippen LogP contribution in [0, 0.1) is 0 Å². The maximum absolute atomic E-state index is 13.4. The summed E-state index contributed by atoms with van der Waals surface area (Å²) in [5.74, 6) is -1.74. The molecular formula is C27H22N2O7S. The van der Waals surface area contributed by atoms with Crippen LogP contribution in [0.25, 0.3) is 33.1 Å². The van der Waals surface area contributed by atoms with Gasteiger partial charge in [-0.25, -0.2) is 8.42 Å². The number of aromatic hydroxyl groups is 3. The molecule has 0 bridgehead atoms. The Labute approximate surface area is 211 Å². The second-order valence-electron chi connectivity index (χ2n) is 8.65. The minimum atomic E-state index is -4.05. The van der Waals surface area contributed by atoms with Crippen molar-refractivity contribution < 1.29 is 28.2 Å². The van der Waals surface area contributed by atoms with Crippen molar-refractivity contribution in [3.05, 3.63) is 83.0 Å². The fraction of sp³-hybridized carbons (Fsp3) is 0.0741. The Balaban J connectivity index is 1.57. The van der Waals surface area contributed by atoms with Crippen LogP contribution in [0.3, 0.4) is 0 Å². The zero-order valence-corrected chi connectivity index (χ0v) is 20.6. The lowest BCUT2D eigenvalue weighted by atomic mass is 10.1. The monoisotopic (exact) mass is 518 g/mol. The van der Waals surface area contributed by atoms with Crippen molar-refractivity contribution in [1.29, 1.82) is 0 Å². The van der Waals surface area contributed by atoms with Gasteiger partial charge in [0.15, 0.2) is 17.3 Å². The van der Waals surface area contributed by atoms with Gasteiger partial charge in [0.25, 0.3) is 10.0 Å². The average Bonchev–Trinajstić information content (AvgIpc) is 2.87. The molecule has 1 aromatic heterocycles. The first kappa shape index (κ1) is 24.0. The Hall–Kier alpha value is -4.70. The van der Waals surface area contributed by atoms with E-state index in [1.807, 2.05) is 31.1 Å². The van der Waals surface area contributed by atoms with Crippen LogP contribution < -0.4 is 15.1 Å². The normalized spacial score (nSPS) is 11.6. The van der Waals surface area contributed by atoms with Crippen LogP contribution in [0.2, 0.25) is 0 Å². The predicted octanol–water partition coefficient (Wildman–Crippen LogP) is 4.60. The van der Waals surface area contributed by atoms with E-state index in [0.717, 1.165) is 17.1 Å². The lowest BCUT2D eigenvalue weighted by molar-refractivity contribution is 0.403. The molecule has 0 aliphatic carbocycles. The fourth-order valence-corrected chi connectivity index (χ4v) is 5.48. The van der Waals surface area contributed by atoms with Crippen molar-refractivity contribution in [3.63, 3.8) is 0 Å². The van der Waals surface area contributed by atoms with E-state index < -0.39 is 27.0 Å². The van der Waals surface area contributed by atoms with Crippen LogP contribution in [-0.4, -0.2) is 37.8 Å². The third kappa shape index (κ3) is 4.17. The number of hydrogen-bond donors (Lipinski definition) is 4. The van der Waals surface area contributed by atoms with Gasteiger partial charge in [0, 0.05) is 41.8 Å². The maximum atomic E-state index is 13.4. The third-order valence-electron chi connectivity index (χ3n) is 5.99. The lowest BCUT2D eigenvalue weighted by Gasteiger charge is -2.17. The lowest BCUT2D eigenvalue weighted by Crippen LogP contribution is -2.14. The summed E-state index contributed by atoms with van der Waals surface area (Å²) in [4.78, 5) is 14.9. The molecule has 5 rings (SSSR count). The summed E-state index contributed by atoms with van der Waals surface area (Å²) in [6.45, 7) is 0. The number of sulfonamides is 1. The number of phenols is 2. The first-order valence-electron chi connectivity index (χ1n) is 11.1. The molecule has 1 heterocycles. The highest BCUT2D eigenvalue weighted by Gasteiger charge is 2.21. The van der Waals surface area contributed by atoms with Gasteiger partial charge in [-0.3, -0.25) is 9.52 Å². The zero-order chi connectivity index (χ0) is 26.5. The number of phenolic OH excluding ortho intramolecular Hbond substituents is 2. The van der Waals surface area contributed by atoms with Gasteiger partial charge in [-0.1, -0.05) is 24.3 Å². The molecule has 0 aliphatic rings. The summed E-state index contributed by atoms with van der Waals surface area (Å²) in [5.41, 5.74) is 0.450. The Bertz CT molecular complexity index is 1860. The fourth-order valence-electron chi connectivity index (χ4n) is 4.21. The quantitative estimate of drug-likeness (QED) is 0.248. The van der Waals surface area contributed by atoms with E-state index in [1.165, 1.54) is 36.4 Å². The second-order valence-corrected chi connectivity index (χ2v) is 10.3. The summed E-state index contributed by atoms with van der Waals surface area (Å²) in [5, 5.41) is 31.1. The van der Waals surface area contributed by atoms with E-state index >= 15 is 0 Å². The van der Waals surface area contributed by atoms with Gasteiger partial charge in [0.1, 0.15) is 5.58 Å². The molecule has 0 radical (unpaired) electrons. The average molecular weight is 519 g/mol. The first-order chi connectivity index (χ1) is 17.6. The number of benzene rings is 4. The van der Waals surface area contributed by atoms with Gasteiger partial charge in [0.2, 0.25) is 11.2 Å². The Morgan fingerprint density at radius 2 is 1.54 bits per heavy atom.